The van der Waals surface area contributed by atoms with Gasteiger partial charge in [0.2, 0.25) is 0 Å². The molecule has 0 aliphatic rings. The van der Waals surface area contributed by atoms with E-state index in [0.29, 0.717) is 11.6 Å². The first-order chi connectivity index (χ1) is 5.20. The molecule has 0 atom stereocenters. The molecule has 0 amide bonds. The lowest BCUT2D eigenvalue weighted by atomic mass is 10.2. The number of halogens is 1. The highest BCUT2D eigenvalue weighted by Gasteiger charge is 1.84. The van der Waals surface area contributed by atoms with Gasteiger partial charge in [-0.25, -0.2) is 0 Å². The second kappa shape index (κ2) is 6.20. The van der Waals surface area contributed by atoms with E-state index < -0.39 is 0 Å². The maximum absolute atomic E-state index is 5.68. The molecule has 1 nitrogen and oxygen atoms in total. The standard InChI is InChI=1S/C9H14ClN/c1-3-9(10)5-4-8(2)6-7-11/h3-5H,1,6-7,11H2,2H3/b8-4+,9-5+. The largest absolute Gasteiger partial charge is 0.330 e. The van der Waals surface area contributed by atoms with Crippen molar-refractivity contribution in [3.05, 3.63) is 35.4 Å². The molecule has 0 aromatic heterocycles. The summed E-state index contributed by atoms with van der Waals surface area (Å²) >= 11 is 5.68. The van der Waals surface area contributed by atoms with Gasteiger partial charge in [-0.15, -0.1) is 0 Å². The number of hydrogen-bond donors (Lipinski definition) is 1. The van der Waals surface area contributed by atoms with Gasteiger partial charge in [0, 0.05) is 5.03 Å². The van der Waals surface area contributed by atoms with Crippen LogP contribution in [-0.2, 0) is 0 Å². The van der Waals surface area contributed by atoms with E-state index in [1.807, 2.05) is 19.1 Å². The van der Waals surface area contributed by atoms with E-state index in [0.717, 1.165) is 6.42 Å². The number of allylic oxidation sites excluding steroid dienone is 4. The Kier molecular flexibility index (Phi) is 5.90. The summed E-state index contributed by atoms with van der Waals surface area (Å²) in [6.45, 7) is 6.24. The van der Waals surface area contributed by atoms with Crippen LogP contribution in [0.1, 0.15) is 13.3 Å². The van der Waals surface area contributed by atoms with E-state index in [9.17, 15) is 0 Å². The second-order valence-electron chi connectivity index (χ2n) is 2.31. The highest BCUT2D eigenvalue weighted by atomic mass is 35.5. The summed E-state index contributed by atoms with van der Waals surface area (Å²) < 4.78 is 0. The van der Waals surface area contributed by atoms with Crippen LogP contribution in [0.2, 0.25) is 0 Å². The van der Waals surface area contributed by atoms with Crippen LogP contribution >= 0.6 is 11.6 Å². The molecule has 0 heterocycles. The highest BCUT2D eigenvalue weighted by Crippen LogP contribution is 2.04. The Morgan fingerprint density at radius 1 is 1.55 bits per heavy atom. The molecule has 62 valence electrons. The summed E-state index contributed by atoms with van der Waals surface area (Å²) in [7, 11) is 0. The molecule has 0 spiro atoms. The molecule has 0 saturated carbocycles. The van der Waals surface area contributed by atoms with E-state index >= 15 is 0 Å². The molecule has 2 N–H and O–H groups in total. The van der Waals surface area contributed by atoms with E-state index in [1.54, 1.807) is 6.08 Å². The smallest absolute Gasteiger partial charge is 0.0400 e. The van der Waals surface area contributed by atoms with Gasteiger partial charge in [-0.3, -0.25) is 0 Å². The molecule has 0 radical (unpaired) electrons. The lowest BCUT2D eigenvalue weighted by molar-refractivity contribution is 0.950. The highest BCUT2D eigenvalue weighted by molar-refractivity contribution is 6.31. The van der Waals surface area contributed by atoms with Crippen molar-refractivity contribution in [1.29, 1.82) is 0 Å². The van der Waals surface area contributed by atoms with Crippen molar-refractivity contribution < 1.29 is 0 Å². The topological polar surface area (TPSA) is 26.0 Å². The summed E-state index contributed by atoms with van der Waals surface area (Å²) in [5, 5.41) is 0.654. The molecule has 0 unspecified atom stereocenters. The quantitative estimate of drug-likeness (QED) is 0.647. The average Bonchev–Trinajstić information content (AvgIpc) is 2.01. The van der Waals surface area contributed by atoms with Gasteiger partial charge in [0.15, 0.2) is 0 Å². The lowest BCUT2D eigenvalue weighted by Crippen LogP contribution is -1.98. The van der Waals surface area contributed by atoms with Crippen molar-refractivity contribution in [2.24, 2.45) is 5.73 Å². The van der Waals surface area contributed by atoms with E-state index in [4.69, 9.17) is 17.3 Å². The van der Waals surface area contributed by atoms with Crippen LogP contribution in [0, 0.1) is 0 Å². The third-order valence-corrected chi connectivity index (χ3v) is 1.54. The maximum Gasteiger partial charge on any atom is 0.0400 e. The molecule has 0 aliphatic heterocycles. The zero-order chi connectivity index (χ0) is 8.69. The summed E-state index contributed by atoms with van der Waals surface area (Å²) in [6, 6.07) is 0. The SMILES string of the molecule is C=C/C(Cl)=C\C=C(/C)CCN. The first-order valence-electron chi connectivity index (χ1n) is 3.56. The summed E-state index contributed by atoms with van der Waals surface area (Å²) in [5.74, 6) is 0. The number of nitrogens with two attached hydrogens (primary N) is 1. The normalized spacial score (nSPS) is 13.4. The fraction of sp³-hybridized carbons (Fsp3) is 0.333. The lowest BCUT2D eigenvalue weighted by Gasteiger charge is -1.93. The zero-order valence-corrected chi connectivity index (χ0v) is 7.56. The second-order valence-corrected chi connectivity index (χ2v) is 2.74. The molecule has 0 bridgehead atoms. The van der Waals surface area contributed by atoms with Gasteiger partial charge in [-0.2, -0.15) is 0 Å². The summed E-state index contributed by atoms with van der Waals surface area (Å²) in [5.41, 5.74) is 6.58. The molecular formula is C9H14ClN. The first kappa shape index (κ1) is 10.5. The Bertz CT molecular complexity index is 180. The Labute approximate surface area is 73.2 Å². The Balaban J connectivity index is 3.99. The fourth-order valence-corrected chi connectivity index (χ4v) is 0.664. The minimum absolute atomic E-state index is 0.654. The van der Waals surface area contributed by atoms with Crippen molar-refractivity contribution in [1.82, 2.24) is 0 Å². The number of hydrogen-bond acceptors (Lipinski definition) is 1. The van der Waals surface area contributed by atoms with Crippen LogP contribution in [0.15, 0.2) is 35.4 Å². The van der Waals surface area contributed by atoms with Crippen LogP contribution in [-0.4, -0.2) is 6.54 Å². The Morgan fingerprint density at radius 3 is 2.64 bits per heavy atom. The molecule has 0 fully saturated rings. The van der Waals surface area contributed by atoms with Gasteiger partial charge in [0.25, 0.3) is 0 Å². The third-order valence-electron chi connectivity index (χ3n) is 1.26. The zero-order valence-electron chi connectivity index (χ0n) is 6.81. The Hall–Kier alpha value is -0.530. The minimum Gasteiger partial charge on any atom is -0.330 e. The van der Waals surface area contributed by atoms with Gasteiger partial charge in [0.1, 0.15) is 0 Å². The monoisotopic (exact) mass is 171 g/mol. The summed E-state index contributed by atoms with van der Waals surface area (Å²) in [4.78, 5) is 0. The minimum atomic E-state index is 0.654. The van der Waals surface area contributed by atoms with Gasteiger partial charge >= 0.3 is 0 Å². The van der Waals surface area contributed by atoms with Crippen molar-refractivity contribution in [2.45, 2.75) is 13.3 Å². The molecule has 0 saturated heterocycles. The van der Waals surface area contributed by atoms with Crippen molar-refractivity contribution in [2.75, 3.05) is 6.54 Å². The van der Waals surface area contributed by atoms with Crippen molar-refractivity contribution in [3.63, 3.8) is 0 Å². The first-order valence-corrected chi connectivity index (χ1v) is 3.94. The van der Waals surface area contributed by atoms with Crippen LogP contribution in [0.5, 0.6) is 0 Å². The molecular weight excluding hydrogens is 158 g/mol. The van der Waals surface area contributed by atoms with Crippen molar-refractivity contribution in [3.8, 4) is 0 Å². The molecule has 0 aliphatic carbocycles. The average molecular weight is 172 g/mol. The summed E-state index contributed by atoms with van der Waals surface area (Å²) in [6.07, 6.45) is 6.29. The van der Waals surface area contributed by atoms with E-state index in [2.05, 4.69) is 6.58 Å². The number of rotatable bonds is 4. The van der Waals surface area contributed by atoms with E-state index in [-0.39, 0.29) is 0 Å². The Morgan fingerprint density at radius 2 is 2.18 bits per heavy atom. The predicted octanol–water partition coefficient (Wildman–Crippen LogP) is 2.59. The third kappa shape index (κ3) is 5.89. The van der Waals surface area contributed by atoms with Crippen LogP contribution in [0.3, 0.4) is 0 Å². The maximum atomic E-state index is 5.68. The molecule has 0 aromatic carbocycles. The molecule has 2 heteroatoms. The van der Waals surface area contributed by atoms with Gasteiger partial charge in [-0.1, -0.05) is 35.9 Å². The van der Waals surface area contributed by atoms with Gasteiger partial charge in [0.05, 0.1) is 0 Å². The van der Waals surface area contributed by atoms with Crippen LogP contribution < -0.4 is 5.73 Å². The van der Waals surface area contributed by atoms with Crippen LogP contribution in [0.25, 0.3) is 0 Å². The van der Waals surface area contributed by atoms with Crippen LogP contribution in [0.4, 0.5) is 0 Å². The fourth-order valence-electron chi connectivity index (χ4n) is 0.601. The molecule has 11 heavy (non-hydrogen) atoms. The molecule has 0 aromatic rings. The molecule has 0 rings (SSSR count). The predicted molar refractivity (Wildman–Crippen MR) is 51.6 cm³/mol. The van der Waals surface area contributed by atoms with Gasteiger partial charge < -0.3 is 5.73 Å². The van der Waals surface area contributed by atoms with Gasteiger partial charge in [-0.05, 0) is 26.0 Å². The van der Waals surface area contributed by atoms with Crippen molar-refractivity contribution >= 4 is 11.6 Å². The van der Waals surface area contributed by atoms with E-state index in [1.165, 1.54) is 5.57 Å².